The van der Waals surface area contributed by atoms with E-state index in [2.05, 4.69) is 22.3 Å². The molecule has 0 aliphatic heterocycles. The van der Waals surface area contributed by atoms with Gasteiger partial charge in [-0.25, -0.2) is 0 Å². The molecule has 0 amide bonds. The van der Waals surface area contributed by atoms with Crippen LogP contribution in [0.3, 0.4) is 0 Å². The quantitative estimate of drug-likeness (QED) is 0.534. The number of hydrogen-bond donors (Lipinski definition) is 0. The van der Waals surface area contributed by atoms with Gasteiger partial charge in [0.1, 0.15) is 0 Å². The summed E-state index contributed by atoms with van der Waals surface area (Å²) in [5.41, 5.74) is 2.71. The van der Waals surface area contributed by atoms with Crippen molar-refractivity contribution in [2.24, 2.45) is 0 Å². The van der Waals surface area contributed by atoms with Gasteiger partial charge in [-0.15, -0.1) is 10.2 Å². The average Bonchev–Trinajstić information content (AvgIpc) is 3.04. The van der Waals surface area contributed by atoms with Gasteiger partial charge < -0.3 is 0 Å². The number of para-hydroxylation sites is 1. The minimum atomic E-state index is -0.406. The topological polar surface area (TPSA) is 86.7 Å². The highest BCUT2D eigenvalue weighted by Crippen LogP contribution is 2.19. The molecule has 3 aromatic rings. The van der Waals surface area contributed by atoms with Gasteiger partial charge in [0.15, 0.2) is 0 Å². The molecule has 0 fully saturated rings. The molecular formula is C16H15N5O2. The third-order valence-electron chi connectivity index (χ3n) is 3.57. The van der Waals surface area contributed by atoms with Gasteiger partial charge in [0.05, 0.1) is 17.0 Å². The predicted octanol–water partition coefficient (Wildman–Crippen LogP) is 2.86. The molecule has 3 rings (SSSR count). The highest BCUT2D eigenvalue weighted by molar-refractivity contribution is 5.54. The molecule has 23 heavy (non-hydrogen) atoms. The van der Waals surface area contributed by atoms with E-state index >= 15 is 0 Å². The molecule has 0 saturated carbocycles. The van der Waals surface area contributed by atoms with Crippen LogP contribution in [0.2, 0.25) is 0 Å². The van der Waals surface area contributed by atoms with Crippen molar-refractivity contribution in [3.8, 4) is 11.4 Å². The van der Waals surface area contributed by atoms with Crippen molar-refractivity contribution in [3.63, 3.8) is 0 Å². The van der Waals surface area contributed by atoms with Crippen LogP contribution in [0, 0.1) is 10.1 Å². The normalized spacial score (nSPS) is 10.7. The van der Waals surface area contributed by atoms with E-state index in [1.807, 2.05) is 24.3 Å². The molecule has 0 saturated heterocycles. The lowest BCUT2D eigenvalue weighted by molar-refractivity contribution is -0.385. The smallest absolute Gasteiger partial charge is 0.258 e. The molecule has 0 N–H and O–H groups in total. The zero-order valence-corrected chi connectivity index (χ0v) is 12.6. The van der Waals surface area contributed by atoms with Gasteiger partial charge in [0.25, 0.3) is 5.69 Å². The monoisotopic (exact) mass is 309 g/mol. The third-order valence-corrected chi connectivity index (χ3v) is 3.57. The molecule has 7 nitrogen and oxygen atoms in total. The standard InChI is InChI=1S/C16H15N5O2/c1-2-12-7-9-13(10-8-12)16-17-19-20(18-16)11-14-5-3-4-6-15(14)21(22)23/h3-10H,2,11H2,1H3. The summed E-state index contributed by atoms with van der Waals surface area (Å²) in [5, 5.41) is 23.4. The van der Waals surface area contributed by atoms with E-state index in [-0.39, 0.29) is 12.2 Å². The van der Waals surface area contributed by atoms with Crippen LogP contribution in [0.15, 0.2) is 48.5 Å². The lowest BCUT2D eigenvalue weighted by Crippen LogP contribution is -2.06. The van der Waals surface area contributed by atoms with Gasteiger partial charge in [-0.3, -0.25) is 10.1 Å². The van der Waals surface area contributed by atoms with Crippen LogP contribution in [-0.2, 0) is 13.0 Å². The Labute approximate surface area is 132 Å². The predicted molar refractivity (Wildman–Crippen MR) is 84.8 cm³/mol. The van der Waals surface area contributed by atoms with Crippen molar-refractivity contribution in [3.05, 3.63) is 69.8 Å². The molecule has 0 spiro atoms. The second kappa shape index (κ2) is 6.35. The zero-order valence-electron chi connectivity index (χ0n) is 12.6. The lowest BCUT2D eigenvalue weighted by Gasteiger charge is -2.01. The minimum Gasteiger partial charge on any atom is -0.258 e. The Bertz CT molecular complexity index is 826. The summed E-state index contributed by atoms with van der Waals surface area (Å²) < 4.78 is 0. The van der Waals surface area contributed by atoms with Crippen LogP contribution < -0.4 is 0 Å². The number of benzene rings is 2. The van der Waals surface area contributed by atoms with E-state index in [9.17, 15) is 10.1 Å². The second-order valence-corrected chi connectivity index (χ2v) is 5.08. The number of tetrazole rings is 1. The molecule has 7 heteroatoms. The molecule has 0 unspecified atom stereocenters. The first-order chi connectivity index (χ1) is 11.2. The van der Waals surface area contributed by atoms with Crippen molar-refractivity contribution in [2.45, 2.75) is 19.9 Å². The molecule has 1 heterocycles. The van der Waals surface area contributed by atoms with Gasteiger partial charge in [0.2, 0.25) is 5.82 Å². The van der Waals surface area contributed by atoms with Crippen LogP contribution in [0.25, 0.3) is 11.4 Å². The number of nitrogens with zero attached hydrogens (tertiary/aromatic N) is 5. The Morgan fingerprint density at radius 1 is 1.13 bits per heavy atom. The number of aromatic nitrogens is 4. The molecule has 2 aromatic carbocycles. The van der Waals surface area contributed by atoms with E-state index in [1.165, 1.54) is 16.4 Å². The molecule has 0 bridgehead atoms. The Kier molecular flexibility index (Phi) is 4.09. The van der Waals surface area contributed by atoms with E-state index in [0.29, 0.717) is 11.4 Å². The maximum atomic E-state index is 11.0. The minimum absolute atomic E-state index is 0.0543. The van der Waals surface area contributed by atoms with Gasteiger partial charge in [-0.2, -0.15) is 4.80 Å². The number of nitro benzene ring substituents is 1. The van der Waals surface area contributed by atoms with Crippen molar-refractivity contribution in [2.75, 3.05) is 0 Å². The van der Waals surface area contributed by atoms with Crippen molar-refractivity contribution in [1.82, 2.24) is 20.2 Å². The highest BCUT2D eigenvalue weighted by Gasteiger charge is 2.14. The van der Waals surface area contributed by atoms with E-state index in [1.54, 1.807) is 18.2 Å². The summed E-state index contributed by atoms with van der Waals surface area (Å²) in [4.78, 5) is 12.0. The van der Waals surface area contributed by atoms with Crippen molar-refractivity contribution < 1.29 is 4.92 Å². The molecule has 0 aliphatic carbocycles. The lowest BCUT2D eigenvalue weighted by atomic mass is 10.1. The first kappa shape index (κ1) is 14.8. The molecule has 0 aliphatic rings. The summed E-state index contributed by atoms with van der Waals surface area (Å²) in [6, 6.07) is 14.5. The molecule has 116 valence electrons. The Morgan fingerprint density at radius 3 is 2.57 bits per heavy atom. The molecule has 0 atom stereocenters. The van der Waals surface area contributed by atoms with Crippen LogP contribution in [0.4, 0.5) is 5.69 Å². The molecule has 0 radical (unpaired) electrons. The zero-order chi connectivity index (χ0) is 16.2. The SMILES string of the molecule is CCc1ccc(-c2nnn(Cc3ccccc3[N+](=O)[O-])n2)cc1. The maximum Gasteiger partial charge on any atom is 0.274 e. The summed E-state index contributed by atoms with van der Waals surface area (Å²) in [6.45, 7) is 2.30. The maximum absolute atomic E-state index is 11.0. The fourth-order valence-corrected chi connectivity index (χ4v) is 2.29. The Morgan fingerprint density at radius 2 is 1.87 bits per heavy atom. The summed E-state index contributed by atoms with van der Waals surface area (Å²) in [5.74, 6) is 0.506. The van der Waals surface area contributed by atoms with Crippen molar-refractivity contribution >= 4 is 5.69 Å². The van der Waals surface area contributed by atoms with Gasteiger partial charge >= 0.3 is 0 Å². The van der Waals surface area contributed by atoms with Crippen LogP contribution in [0.5, 0.6) is 0 Å². The van der Waals surface area contributed by atoms with Gasteiger partial charge in [-0.1, -0.05) is 49.4 Å². The fraction of sp³-hybridized carbons (Fsp3) is 0.188. The molecular weight excluding hydrogens is 294 g/mol. The highest BCUT2D eigenvalue weighted by atomic mass is 16.6. The molecule has 1 aromatic heterocycles. The Balaban J connectivity index is 1.83. The van der Waals surface area contributed by atoms with E-state index in [4.69, 9.17) is 0 Å². The second-order valence-electron chi connectivity index (χ2n) is 5.08. The summed E-state index contributed by atoms with van der Waals surface area (Å²) in [6.07, 6.45) is 0.970. The first-order valence-corrected chi connectivity index (χ1v) is 7.27. The first-order valence-electron chi connectivity index (χ1n) is 7.27. The largest absolute Gasteiger partial charge is 0.274 e. The van der Waals surface area contributed by atoms with Gasteiger partial charge in [0, 0.05) is 11.6 Å². The van der Waals surface area contributed by atoms with Crippen LogP contribution in [0.1, 0.15) is 18.1 Å². The van der Waals surface area contributed by atoms with Crippen LogP contribution in [-0.4, -0.2) is 25.1 Å². The average molecular weight is 309 g/mol. The summed E-state index contributed by atoms with van der Waals surface area (Å²) in [7, 11) is 0. The van der Waals surface area contributed by atoms with Crippen LogP contribution >= 0.6 is 0 Å². The van der Waals surface area contributed by atoms with E-state index < -0.39 is 4.92 Å². The number of rotatable bonds is 5. The summed E-state index contributed by atoms with van der Waals surface area (Å²) >= 11 is 0. The fourth-order valence-electron chi connectivity index (χ4n) is 2.29. The van der Waals surface area contributed by atoms with Gasteiger partial charge in [-0.05, 0) is 17.2 Å². The number of hydrogen-bond acceptors (Lipinski definition) is 5. The number of nitro groups is 1. The van der Waals surface area contributed by atoms with E-state index in [0.717, 1.165) is 12.0 Å². The van der Waals surface area contributed by atoms with Crippen molar-refractivity contribution in [1.29, 1.82) is 0 Å². The third kappa shape index (κ3) is 3.23. The Hall–Kier alpha value is -3.09. The number of aryl methyl sites for hydroxylation is 1.